The molecule has 0 aliphatic rings. The van der Waals surface area contributed by atoms with Crippen molar-refractivity contribution in [2.45, 2.75) is 20.8 Å². The minimum absolute atomic E-state index is 0.863. The lowest BCUT2D eigenvalue weighted by atomic mass is 9.81. The van der Waals surface area contributed by atoms with Gasteiger partial charge in [0.1, 0.15) is 0 Å². The highest BCUT2D eigenvalue weighted by Crippen LogP contribution is 2.27. The zero-order valence-corrected chi connectivity index (χ0v) is 6.72. The fourth-order valence-corrected chi connectivity index (χ4v) is 0.808. The van der Waals surface area contributed by atoms with E-state index in [1.54, 1.807) is 0 Å². The van der Waals surface area contributed by atoms with Crippen molar-refractivity contribution in [3.8, 4) is 0 Å². The monoisotopic (exact) mass is 162 g/mol. The Balaban J connectivity index is 4.63. The second-order valence-electron chi connectivity index (χ2n) is 3.44. The molecule has 1 N–H and O–H groups in total. The van der Waals surface area contributed by atoms with Crippen molar-refractivity contribution in [3.63, 3.8) is 0 Å². The summed E-state index contributed by atoms with van der Waals surface area (Å²) in [6.07, 6.45) is 0. The molecule has 0 radical (unpaired) electrons. The van der Waals surface area contributed by atoms with Crippen molar-refractivity contribution in [1.82, 2.24) is 0 Å². The van der Waals surface area contributed by atoms with Crippen LogP contribution >= 0.6 is 0 Å². The summed E-state index contributed by atoms with van der Waals surface area (Å²) in [5.41, 5.74) is -0.863. The van der Waals surface area contributed by atoms with Crippen LogP contribution in [0.4, 0.5) is 4.39 Å². The maximum Gasteiger partial charge on any atom is 0.317 e. The van der Waals surface area contributed by atoms with E-state index in [2.05, 4.69) is 0 Å². The van der Waals surface area contributed by atoms with E-state index in [1.165, 1.54) is 20.8 Å². The third kappa shape index (κ3) is 2.65. The summed E-state index contributed by atoms with van der Waals surface area (Å²) in [7, 11) is 0. The topological polar surface area (TPSA) is 54.4 Å². The second kappa shape index (κ2) is 2.98. The Hall–Kier alpha value is -0.930. The van der Waals surface area contributed by atoms with E-state index in [9.17, 15) is 14.0 Å². The van der Waals surface area contributed by atoms with E-state index in [4.69, 9.17) is 5.11 Å². The van der Waals surface area contributed by atoms with Gasteiger partial charge >= 0.3 is 12.0 Å². The minimum atomic E-state index is -1.79. The lowest BCUT2D eigenvalue weighted by Gasteiger charge is -2.22. The van der Waals surface area contributed by atoms with Crippen LogP contribution in [-0.2, 0) is 9.59 Å². The zero-order valence-electron chi connectivity index (χ0n) is 6.72. The van der Waals surface area contributed by atoms with Crippen molar-refractivity contribution in [3.05, 3.63) is 0 Å². The van der Waals surface area contributed by atoms with Gasteiger partial charge in [-0.1, -0.05) is 20.8 Å². The number of carboxylic acid groups (broad SMARTS) is 1. The molecule has 0 aliphatic heterocycles. The summed E-state index contributed by atoms with van der Waals surface area (Å²) in [6, 6.07) is -1.79. The molecule has 0 aliphatic carbocycles. The fraction of sp³-hybridized carbons (Fsp3) is 0.714. The summed E-state index contributed by atoms with van der Waals surface area (Å²) in [5, 5.41) is 8.42. The Morgan fingerprint density at radius 1 is 1.36 bits per heavy atom. The first-order valence-electron chi connectivity index (χ1n) is 3.19. The lowest BCUT2D eigenvalue weighted by molar-refractivity contribution is -0.155. The van der Waals surface area contributed by atoms with Crippen LogP contribution in [0, 0.1) is 11.3 Å². The minimum Gasteiger partial charge on any atom is -0.481 e. The Morgan fingerprint density at radius 2 is 1.73 bits per heavy atom. The van der Waals surface area contributed by atoms with Crippen LogP contribution in [0.2, 0.25) is 0 Å². The molecular weight excluding hydrogens is 151 g/mol. The zero-order chi connectivity index (χ0) is 9.23. The maximum atomic E-state index is 12.1. The van der Waals surface area contributed by atoms with Gasteiger partial charge in [0.25, 0.3) is 0 Å². The van der Waals surface area contributed by atoms with Crippen LogP contribution in [0.5, 0.6) is 0 Å². The number of carboxylic acids is 1. The standard InChI is InChI=1S/C7H11FO3/c1-7(2,3)4(5(8)9)6(10)11/h4H,1-3H3,(H,10,11). The van der Waals surface area contributed by atoms with Crippen molar-refractivity contribution in [2.24, 2.45) is 11.3 Å². The van der Waals surface area contributed by atoms with E-state index in [0.717, 1.165) is 0 Å². The van der Waals surface area contributed by atoms with Crippen LogP contribution in [0.1, 0.15) is 20.8 Å². The van der Waals surface area contributed by atoms with Gasteiger partial charge in [0.15, 0.2) is 5.92 Å². The lowest BCUT2D eigenvalue weighted by Crippen LogP contribution is -2.33. The van der Waals surface area contributed by atoms with Gasteiger partial charge in [-0.15, -0.1) is 0 Å². The van der Waals surface area contributed by atoms with Gasteiger partial charge in [-0.2, -0.15) is 4.39 Å². The van der Waals surface area contributed by atoms with Crippen molar-refractivity contribution in [1.29, 1.82) is 0 Å². The summed E-state index contributed by atoms with van der Waals surface area (Å²) < 4.78 is 12.1. The van der Waals surface area contributed by atoms with E-state index >= 15 is 0 Å². The molecule has 4 heteroatoms. The third-order valence-corrected chi connectivity index (χ3v) is 1.34. The van der Waals surface area contributed by atoms with Crippen LogP contribution < -0.4 is 0 Å². The Labute approximate surface area is 64.2 Å². The quantitative estimate of drug-likeness (QED) is 0.490. The van der Waals surface area contributed by atoms with Gasteiger partial charge in [-0.05, 0) is 5.41 Å². The van der Waals surface area contributed by atoms with E-state index < -0.39 is 23.3 Å². The van der Waals surface area contributed by atoms with E-state index in [0.29, 0.717) is 0 Å². The Bertz CT molecular complexity index is 167. The molecule has 0 heterocycles. The van der Waals surface area contributed by atoms with Gasteiger partial charge in [0, 0.05) is 0 Å². The number of halogens is 1. The van der Waals surface area contributed by atoms with Crippen LogP contribution in [-0.4, -0.2) is 17.1 Å². The highest BCUT2D eigenvalue weighted by atomic mass is 19.1. The molecule has 0 spiro atoms. The van der Waals surface area contributed by atoms with Crippen molar-refractivity contribution >= 4 is 12.0 Å². The number of carbonyl (C=O) groups excluding carboxylic acids is 1. The number of carbonyl (C=O) groups is 2. The Kier molecular flexibility index (Phi) is 2.73. The number of hydrogen-bond acceptors (Lipinski definition) is 2. The van der Waals surface area contributed by atoms with Crippen molar-refractivity contribution < 1.29 is 19.1 Å². The first kappa shape index (κ1) is 10.1. The predicted octanol–water partition coefficient (Wildman–Crippen LogP) is 1.23. The average Bonchev–Trinajstić information content (AvgIpc) is 1.54. The Morgan fingerprint density at radius 3 is 1.73 bits per heavy atom. The highest BCUT2D eigenvalue weighted by molar-refractivity contribution is 5.94. The third-order valence-electron chi connectivity index (χ3n) is 1.34. The summed E-state index contributed by atoms with van der Waals surface area (Å²) in [6.45, 7) is 4.51. The SMILES string of the molecule is CC(C)(C)C(C(=O)O)C(=O)F. The molecule has 1 atom stereocenters. The largest absolute Gasteiger partial charge is 0.481 e. The number of hydrogen-bond donors (Lipinski definition) is 1. The molecule has 0 aromatic rings. The molecule has 0 amide bonds. The van der Waals surface area contributed by atoms with E-state index in [1.807, 2.05) is 0 Å². The van der Waals surface area contributed by atoms with Crippen LogP contribution in [0.3, 0.4) is 0 Å². The smallest absolute Gasteiger partial charge is 0.317 e. The first-order valence-corrected chi connectivity index (χ1v) is 3.19. The van der Waals surface area contributed by atoms with Gasteiger partial charge in [0.05, 0.1) is 0 Å². The molecule has 0 rings (SSSR count). The summed E-state index contributed by atoms with van der Waals surface area (Å²) >= 11 is 0. The molecule has 0 aromatic carbocycles. The molecule has 0 saturated carbocycles. The second-order valence-corrected chi connectivity index (χ2v) is 3.44. The van der Waals surface area contributed by atoms with Crippen molar-refractivity contribution in [2.75, 3.05) is 0 Å². The number of aliphatic carboxylic acids is 1. The molecule has 0 saturated heterocycles. The average molecular weight is 162 g/mol. The molecule has 0 fully saturated rings. The molecule has 1 unspecified atom stereocenters. The molecule has 3 nitrogen and oxygen atoms in total. The van der Waals surface area contributed by atoms with Crippen LogP contribution in [0.15, 0.2) is 0 Å². The van der Waals surface area contributed by atoms with Gasteiger partial charge in [0.2, 0.25) is 0 Å². The highest BCUT2D eigenvalue weighted by Gasteiger charge is 2.37. The predicted molar refractivity (Wildman–Crippen MR) is 36.7 cm³/mol. The van der Waals surface area contributed by atoms with Gasteiger partial charge < -0.3 is 5.11 Å². The molecule has 64 valence electrons. The molecule has 0 bridgehead atoms. The molecular formula is C7H11FO3. The molecule has 0 aromatic heterocycles. The van der Waals surface area contributed by atoms with Gasteiger partial charge in [-0.3, -0.25) is 9.59 Å². The summed E-state index contributed by atoms with van der Waals surface area (Å²) in [4.78, 5) is 20.5. The fourth-order valence-electron chi connectivity index (χ4n) is 0.808. The summed E-state index contributed by atoms with van der Waals surface area (Å²) in [5.74, 6) is -2.97. The molecule has 11 heavy (non-hydrogen) atoms. The normalized spacial score (nSPS) is 14.2. The van der Waals surface area contributed by atoms with Gasteiger partial charge in [-0.25, -0.2) is 0 Å². The van der Waals surface area contributed by atoms with E-state index in [-0.39, 0.29) is 0 Å². The number of rotatable bonds is 2. The van der Waals surface area contributed by atoms with Crippen LogP contribution in [0.25, 0.3) is 0 Å². The first-order chi connectivity index (χ1) is 4.76. The maximum absolute atomic E-state index is 12.1.